The Kier molecular flexibility index (Phi) is 4.70. The predicted molar refractivity (Wildman–Crippen MR) is 83.3 cm³/mol. The van der Waals surface area contributed by atoms with Gasteiger partial charge in [0.15, 0.2) is 0 Å². The summed E-state index contributed by atoms with van der Waals surface area (Å²) in [6, 6.07) is 10.4. The number of aliphatic hydroxyl groups excluding tert-OH is 1. The van der Waals surface area contributed by atoms with Crippen molar-refractivity contribution in [3.05, 3.63) is 41.8 Å². The summed E-state index contributed by atoms with van der Waals surface area (Å²) < 4.78 is 5.63. The molecular weight excluding hydrogens is 280 g/mol. The molecule has 1 aromatic carbocycles. The first kappa shape index (κ1) is 15.0. The second-order valence-electron chi connectivity index (χ2n) is 5.89. The molecule has 0 aliphatic heterocycles. The maximum atomic E-state index is 9.51. The molecule has 1 aromatic heterocycles. The van der Waals surface area contributed by atoms with E-state index in [4.69, 9.17) is 10.2 Å². The Labute approximate surface area is 129 Å². The number of rotatable bonds is 5. The Hall–Kier alpha value is -1.92. The molecule has 3 rings (SSSR count). The summed E-state index contributed by atoms with van der Waals surface area (Å²) in [5.41, 5.74) is 7.28. The molecule has 0 bridgehead atoms. The number of aromatic nitrogens is 2. The lowest BCUT2D eigenvalue weighted by Crippen LogP contribution is -2.28. The minimum absolute atomic E-state index is 0.171. The van der Waals surface area contributed by atoms with Gasteiger partial charge >= 0.3 is 6.01 Å². The molecule has 1 saturated carbocycles. The van der Waals surface area contributed by atoms with E-state index in [2.05, 4.69) is 15.5 Å². The van der Waals surface area contributed by atoms with Gasteiger partial charge in [0.2, 0.25) is 5.89 Å². The molecule has 4 N–H and O–H groups in total. The van der Waals surface area contributed by atoms with E-state index in [9.17, 15) is 5.11 Å². The van der Waals surface area contributed by atoms with Gasteiger partial charge in [0.25, 0.3) is 0 Å². The second-order valence-corrected chi connectivity index (χ2v) is 5.89. The molecule has 1 heterocycles. The van der Waals surface area contributed by atoms with Crippen molar-refractivity contribution in [3.63, 3.8) is 0 Å². The van der Waals surface area contributed by atoms with Crippen molar-refractivity contribution >= 4 is 6.01 Å². The van der Waals surface area contributed by atoms with E-state index in [0.717, 1.165) is 31.2 Å². The molecule has 0 unspecified atom stereocenters. The maximum absolute atomic E-state index is 9.51. The molecule has 2 aromatic rings. The highest BCUT2D eigenvalue weighted by molar-refractivity contribution is 5.21. The van der Waals surface area contributed by atoms with Crippen LogP contribution in [0.25, 0.3) is 0 Å². The van der Waals surface area contributed by atoms with E-state index in [-0.39, 0.29) is 18.2 Å². The zero-order valence-electron chi connectivity index (χ0n) is 12.5. The number of hydrogen-bond donors (Lipinski definition) is 3. The van der Waals surface area contributed by atoms with Crippen LogP contribution >= 0.6 is 0 Å². The molecule has 1 atom stereocenters. The summed E-state index contributed by atoms with van der Waals surface area (Å²) in [5.74, 6) is 0.446. The van der Waals surface area contributed by atoms with Crippen molar-refractivity contribution in [2.75, 3.05) is 5.32 Å². The van der Waals surface area contributed by atoms with Crippen molar-refractivity contribution in [3.8, 4) is 0 Å². The number of anilines is 1. The van der Waals surface area contributed by atoms with E-state index >= 15 is 0 Å². The smallest absolute Gasteiger partial charge is 0.315 e. The number of nitrogens with zero attached hydrogens (tertiary/aromatic N) is 2. The van der Waals surface area contributed by atoms with Crippen molar-refractivity contribution in [1.82, 2.24) is 10.2 Å². The normalized spacial score (nSPS) is 23.2. The van der Waals surface area contributed by atoms with Crippen LogP contribution in [0.5, 0.6) is 0 Å². The fraction of sp³-hybridized carbons (Fsp3) is 0.500. The fourth-order valence-electron chi connectivity index (χ4n) is 2.79. The maximum Gasteiger partial charge on any atom is 0.315 e. The standard InChI is InChI=1S/C16H22N4O2/c17-14(10-11-4-2-1-3-5-11)15-19-20-16(22-15)18-12-6-8-13(21)9-7-12/h1-5,12-14,21H,6-10,17H2,(H,18,20)/t12?,13?,14-/m1/s1. The van der Waals surface area contributed by atoms with Gasteiger partial charge in [-0.05, 0) is 37.7 Å². The number of nitrogens with two attached hydrogens (primary N) is 1. The lowest BCUT2D eigenvalue weighted by molar-refractivity contribution is 0.125. The third-order valence-corrected chi connectivity index (χ3v) is 4.08. The van der Waals surface area contributed by atoms with Crippen molar-refractivity contribution in [2.45, 2.75) is 50.3 Å². The van der Waals surface area contributed by atoms with Crippen molar-refractivity contribution in [2.24, 2.45) is 5.73 Å². The Bertz CT molecular complexity index is 579. The Morgan fingerprint density at radius 3 is 2.64 bits per heavy atom. The van der Waals surface area contributed by atoms with Crippen LogP contribution < -0.4 is 11.1 Å². The average Bonchev–Trinajstić information content (AvgIpc) is 2.99. The minimum atomic E-state index is -0.307. The van der Waals surface area contributed by atoms with Crippen LogP contribution in [-0.2, 0) is 6.42 Å². The molecule has 22 heavy (non-hydrogen) atoms. The van der Waals surface area contributed by atoms with Gasteiger partial charge in [0, 0.05) is 6.04 Å². The first-order valence-electron chi connectivity index (χ1n) is 7.78. The summed E-state index contributed by atoms with van der Waals surface area (Å²) in [4.78, 5) is 0. The van der Waals surface area contributed by atoms with Crippen LogP contribution in [0.4, 0.5) is 6.01 Å². The second kappa shape index (κ2) is 6.89. The average molecular weight is 302 g/mol. The highest BCUT2D eigenvalue weighted by Gasteiger charge is 2.21. The molecule has 6 heteroatoms. The Balaban J connectivity index is 1.56. The molecule has 1 fully saturated rings. The quantitative estimate of drug-likeness (QED) is 0.782. The summed E-state index contributed by atoms with van der Waals surface area (Å²) in [6.07, 6.45) is 3.94. The van der Waals surface area contributed by atoms with E-state index in [1.807, 2.05) is 30.3 Å². The SMILES string of the molecule is N[C@H](Cc1ccccc1)c1nnc(NC2CCC(O)CC2)o1. The lowest BCUT2D eigenvalue weighted by atomic mass is 9.93. The van der Waals surface area contributed by atoms with Gasteiger partial charge in [-0.3, -0.25) is 0 Å². The van der Waals surface area contributed by atoms with Crippen molar-refractivity contribution < 1.29 is 9.52 Å². The molecule has 0 amide bonds. The van der Waals surface area contributed by atoms with Crippen LogP contribution in [0.2, 0.25) is 0 Å². The van der Waals surface area contributed by atoms with Gasteiger partial charge in [-0.25, -0.2) is 0 Å². The molecule has 0 spiro atoms. The summed E-state index contributed by atoms with van der Waals surface area (Å²) >= 11 is 0. The topological polar surface area (TPSA) is 97.2 Å². The number of aliphatic hydroxyl groups is 1. The van der Waals surface area contributed by atoms with Gasteiger partial charge in [0.05, 0.1) is 12.1 Å². The summed E-state index contributed by atoms with van der Waals surface area (Å²) in [5, 5.41) is 20.8. The lowest BCUT2D eigenvalue weighted by Gasteiger charge is -2.25. The molecule has 0 radical (unpaired) electrons. The molecule has 6 nitrogen and oxygen atoms in total. The van der Waals surface area contributed by atoms with Crippen LogP contribution in [0.15, 0.2) is 34.7 Å². The highest BCUT2D eigenvalue weighted by Crippen LogP contribution is 2.23. The zero-order chi connectivity index (χ0) is 15.4. The molecule has 1 aliphatic rings. The van der Waals surface area contributed by atoms with E-state index < -0.39 is 0 Å². The first-order chi connectivity index (χ1) is 10.7. The predicted octanol–water partition coefficient (Wildman–Crippen LogP) is 2.03. The Morgan fingerprint density at radius 2 is 1.91 bits per heavy atom. The fourth-order valence-corrected chi connectivity index (χ4v) is 2.79. The van der Waals surface area contributed by atoms with Gasteiger partial charge in [0.1, 0.15) is 0 Å². The number of nitrogens with one attached hydrogen (secondary N) is 1. The monoisotopic (exact) mass is 302 g/mol. The van der Waals surface area contributed by atoms with Crippen LogP contribution in [0.3, 0.4) is 0 Å². The van der Waals surface area contributed by atoms with Gasteiger partial charge in [-0.1, -0.05) is 35.4 Å². The largest absolute Gasteiger partial charge is 0.406 e. The highest BCUT2D eigenvalue weighted by atomic mass is 16.4. The summed E-state index contributed by atoms with van der Waals surface area (Å²) in [7, 11) is 0. The Morgan fingerprint density at radius 1 is 1.18 bits per heavy atom. The van der Waals surface area contributed by atoms with E-state index in [1.165, 1.54) is 0 Å². The molecule has 118 valence electrons. The van der Waals surface area contributed by atoms with Crippen molar-refractivity contribution in [1.29, 1.82) is 0 Å². The van der Waals surface area contributed by atoms with E-state index in [0.29, 0.717) is 18.3 Å². The third kappa shape index (κ3) is 3.84. The number of hydrogen-bond acceptors (Lipinski definition) is 6. The number of benzene rings is 1. The van der Waals surface area contributed by atoms with Crippen LogP contribution in [0.1, 0.15) is 43.2 Å². The van der Waals surface area contributed by atoms with Crippen LogP contribution in [0, 0.1) is 0 Å². The van der Waals surface area contributed by atoms with Gasteiger partial charge < -0.3 is 20.6 Å². The van der Waals surface area contributed by atoms with Gasteiger partial charge in [-0.15, -0.1) is 5.10 Å². The first-order valence-corrected chi connectivity index (χ1v) is 7.78. The summed E-state index contributed by atoms with van der Waals surface area (Å²) in [6.45, 7) is 0. The molecule has 1 aliphatic carbocycles. The minimum Gasteiger partial charge on any atom is -0.406 e. The van der Waals surface area contributed by atoms with Crippen LogP contribution in [-0.4, -0.2) is 27.4 Å². The van der Waals surface area contributed by atoms with E-state index in [1.54, 1.807) is 0 Å². The molecule has 0 saturated heterocycles. The molecular formula is C16H22N4O2. The third-order valence-electron chi connectivity index (χ3n) is 4.08. The zero-order valence-corrected chi connectivity index (χ0v) is 12.5. The van der Waals surface area contributed by atoms with Gasteiger partial charge in [-0.2, -0.15) is 0 Å².